The highest BCUT2D eigenvalue weighted by Crippen LogP contribution is 2.31. The number of rotatable bonds is 3. The average molecular weight is 360 g/mol. The third-order valence-electron chi connectivity index (χ3n) is 3.68. The van der Waals surface area contributed by atoms with Crippen LogP contribution in [0.4, 0.5) is 5.69 Å². The number of aryl methyl sites for hydroxylation is 2. The second-order valence-electron chi connectivity index (χ2n) is 5.53. The van der Waals surface area contributed by atoms with E-state index >= 15 is 0 Å². The van der Waals surface area contributed by atoms with Crippen molar-refractivity contribution in [3.63, 3.8) is 0 Å². The molecule has 122 valence electrons. The van der Waals surface area contributed by atoms with E-state index in [4.69, 9.17) is 27.6 Å². The molecule has 0 fully saturated rings. The number of carbonyl (C=O) groups is 1. The number of benzene rings is 2. The van der Waals surface area contributed by atoms with Gasteiger partial charge in [-0.25, -0.2) is 0 Å². The SMILES string of the molecule is Cc1ccc(NC(=O)c2cc(-c3ccc(Cl)c(Cl)c3)oc2C)cc1. The van der Waals surface area contributed by atoms with Crippen molar-refractivity contribution in [2.75, 3.05) is 5.32 Å². The van der Waals surface area contributed by atoms with Crippen molar-refractivity contribution in [2.45, 2.75) is 13.8 Å². The Hall–Kier alpha value is -2.23. The molecule has 3 rings (SSSR count). The number of furan rings is 1. The smallest absolute Gasteiger partial charge is 0.259 e. The van der Waals surface area contributed by atoms with E-state index in [1.165, 1.54) is 0 Å². The van der Waals surface area contributed by atoms with Crippen LogP contribution in [0, 0.1) is 13.8 Å². The number of carbonyl (C=O) groups excluding carboxylic acids is 1. The zero-order valence-electron chi connectivity index (χ0n) is 13.2. The molecule has 0 aliphatic carbocycles. The number of amides is 1. The van der Waals surface area contributed by atoms with Crippen LogP contribution in [0.5, 0.6) is 0 Å². The van der Waals surface area contributed by atoms with Gasteiger partial charge in [-0.05, 0) is 50.2 Å². The van der Waals surface area contributed by atoms with Crippen LogP contribution in [0.2, 0.25) is 10.0 Å². The second kappa shape index (κ2) is 6.71. The molecule has 2 aromatic carbocycles. The summed E-state index contributed by atoms with van der Waals surface area (Å²) in [5, 5.41) is 3.78. The highest BCUT2D eigenvalue weighted by Gasteiger charge is 2.16. The summed E-state index contributed by atoms with van der Waals surface area (Å²) in [6.07, 6.45) is 0. The van der Waals surface area contributed by atoms with Gasteiger partial charge in [-0.15, -0.1) is 0 Å². The Labute approximate surface area is 150 Å². The maximum absolute atomic E-state index is 12.5. The minimum Gasteiger partial charge on any atom is -0.461 e. The third-order valence-corrected chi connectivity index (χ3v) is 4.41. The van der Waals surface area contributed by atoms with Crippen molar-refractivity contribution in [1.82, 2.24) is 0 Å². The maximum Gasteiger partial charge on any atom is 0.259 e. The van der Waals surface area contributed by atoms with Gasteiger partial charge in [-0.3, -0.25) is 4.79 Å². The zero-order chi connectivity index (χ0) is 17.3. The normalized spacial score (nSPS) is 10.7. The van der Waals surface area contributed by atoms with E-state index in [1.807, 2.05) is 31.2 Å². The van der Waals surface area contributed by atoms with E-state index in [0.29, 0.717) is 27.1 Å². The number of hydrogen-bond donors (Lipinski definition) is 1. The molecule has 1 heterocycles. The van der Waals surface area contributed by atoms with Crippen molar-refractivity contribution in [1.29, 1.82) is 0 Å². The van der Waals surface area contributed by atoms with E-state index in [1.54, 1.807) is 31.2 Å². The van der Waals surface area contributed by atoms with E-state index in [-0.39, 0.29) is 5.91 Å². The maximum atomic E-state index is 12.5. The lowest BCUT2D eigenvalue weighted by atomic mass is 10.1. The van der Waals surface area contributed by atoms with Crippen molar-refractivity contribution >= 4 is 34.8 Å². The minimum absolute atomic E-state index is 0.216. The molecule has 1 amide bonds. The Morgan fingerprint density at radius 1 is 0.958 bits per heavy atom. The van der Waals surface area contributed by atoms with E-state index in [9.17, 15) is 4.79 Å². The van der Waals surface area contributed by atoms with Gasteiger partial charge >= 0.3 is 0 Å². The molecule has 0 unspecified atom stereocenters. The Kier molecular flexibility index (Phi) is 4.65. The predicted molar refractivity (Wildman–Crippen MR) is 98.0 cm³/mol. The Morgan fingerprint density at radius 2 is 1.67 bits per heavy atom. The Morgan fingerprint density at radius 3 is 2.33 bits per heavy atom. The van der Waals surface area contributed by atoms with E-state index in [2.05, 4.69) is 5.32 Å². The first-order chi connectivity index (χ1) is 11.4. The van der Waals surface area contributed by atoms with Crippen molar-refractivity contribution < 1.29 is 9.21 Å². The van der Waals surface area contributed by atoms with Crippen LogP contribution >= 0.6 is 23.2 Å². The highest BCUT2D eigenvalue weighted by molar-refractivity contribution is 6.42. The number of anilines is 1. The third kappa shape index (κ3) is 3.48. The van der Waals surface area contributed by atoms with Gasteiger partial charge in [0.05, 0.1) is 15.6 Å². The van der Waals surface area contributed by atoms with Gasteiger partial charge in [0.1, 0.15) is 11.5 Å². The van der Waals surface area contributed by atoms with E-state index in [0.717, 1.165) is 16.8 Å². The molecule has 0 radical (unpaired) electrons. The minimum atomic E-state index is -0.216. The fraction of sp³-hybridized carbons (Fsp3) is 0.105. The molecule has 0 atom stereocenters. The van der Waals surface area contributed by atoms with Crippen LogP contribution in [-0.2, 0) is 0 Å². The van der Waals surface area contributed by atoms with Gasteiger partial charge in [0.25, 0.3) is 5.91 Å². The molecule has 0 saturated heterocycles. The van der Waals surface area contributed by atoms with Gasteiger partial charge in [-0.1, -0.05) is 40.9 Å². The van der Waals surface area contributed by atoms with Crippen molar-refractivity contribution in [3.05, 3.63) is 75.5 Å². The molecule has 3 aromatic rings. The molecule has 24 heavy (non-hydrogen) atoms. The predicted octanol–water partition coefficient (Wildman–Crippen LogP) is 6.12. The number of nitrogens with one attached hydrogen (secondary N) is 1. The molecule has 1 aromatic heterocycles. The summed E-state index contributed by atoms with van der Waals surface area (Å²) in [6.45, 7) is 3.75. The lowest BCUT2D eigenvalue weighted by molar-refractivity contribution is 0.102. The molecule has 0 saturated carbocycles. The van der Waals surface area contributed by atoms with Crippen molar-refractivity contribution in [3.8, 4) is 11.3 Å². The summed E-state index contributed by atoms with van der Waals surface area (Å²) in [5.74, 6) is 0.896. The van der Waals surface area contributed by atoms with Gasteiger partial charge in [0.2, 0.25) is 0 Å². The van der Waals surface area contributed by atoms with Crippen LogP contribution in [0.25, 0.3) is 11.3 Å². The van der Waals surface area contributed by atoms with Crippen LogP contribution in [-0.4, -0.2) is 5.91 Å². The molecule has 0 bridgehead atoms. The molecule has 0 aliphatic rings. The van der Waals surface area contributed by atoms with Crippen LogP contribution in [0.1, 0.15) is 21.7 Å². The standard InChI is InChI=1S/C19H15Cl2NO2/c1-11-3-6-14(7-4-11)22-19(23)15-10-18(24-12(15)2)13-5-8-16(20)17(21)9-13/h3-10H,1-2H3,(H,22,23). The fourth-order valence-electron chi connectivity index (χ4n) is 2.33. The zero-order valence-corrected chi connectivity index (χ0v) is 14.7. The molecular weight excluding hydrogens is 345 g/mol. The number of hydrogen-bond acceptors (Lipinski definition) is 2. The van der Waals surface area contributed by atoms with Gasteiger partial charge in [0.15, 0.2) is 0 Å². The second-order valence-corrected chi connectivity index (χ2v) is 6.34. The summed E-state index contributed by atoms with van der Waals surface area (Å²) in [7, 11) is 0. The van der Waals surface area contributed by atoms with Gasteiger partial charge < -0.3 is 9.73 Å². The molecular formula is C19H15Cl2NO2. The topological polar surface area (TPSA) is 42.2 Å². The fourth-order valence-corrected chi connectivity index (χ4v) is 2.63. The van der Waals surface area contributed by atoms with Gasteiger partial charge in [-0.2, -0.15) is 0 Å². The summed E-state index contributed by atoms with van der Waals surface area (Å²) in [6, 6.07) is 14.5. The largest absolute Gasteiger partial charge is 0.461 e. The summed E-state index contributed by atoms with van der Waals surface area (Å²) >= 11 is 12.0. The lowest BCUT2D eigenvalue weighted by Crippen LogP contribution is -2.11. The summed E-state index contributed by atoms with van der Waals surface area (Å²) in [5.41, 5.74) is 3.12. The Bertz CT molecular complexity index is 898. The summed E-state index contributed by atoms with van der Waals surface area (Å²) < 4.78 is 5.71. The van der Waals surface area contributed by atoms with Gasteiger partial charge in [0, 0.05) is 11.3 Å². The molecule has 1 N–H and O–H groups in total. The van der Waals surface area contributed by atoms with E-state index < -0.39 is 0 Å². The first-order valence-electron chi connectivity index (χ1n) is 7.38. The lowest BCUT2D eigenvalue weighted by Gasteiger charge is -2.04. The van der Waals surface area contributed by atoms with Crippen molar-refractivity contribution in [2.24, 2.45) is 0 Å². The number of halogens is 2. The molecule has 0 aliphatic heterocycles. The monoisotopic (exact) mass is 359 g/mol. The molecule has 3 nitrogen and oxygen atoms in total. The average Bonchev–Trinajstić information content (AvgIpc) is 2.94. The first-order valence-corrected chi connectivity index (χ1v) is 8.13. The molecule has 5 heteroatoms. The molecule has 0 spiro atoms. The summed E-state index contributed by atoms with van der Waals surface area (Å²) in [4.78, 5) is 12.5. The van der Waals surface area contributed by atoms with Crippen LogP contribution < -0.4 is 5.32 Å². The first kappa shape index (κ1) is 16.6. The van der Waals surface area contributed by atoms with Crippen LogP contribution in [0.3, 0.4) is 0 Å². The quantitative estimate of drug-likeness (QED) is 0.611. The Balaban J connectivity index is 1.86. The highest BCUT2D eigenvalue weighted by atomic mass is 35.5. The van der Waals surface area contributed by atoms with Crippen LogP contribution in [0.15, 0.2) is 52.9 Å².